The largest absolute Gasteiger partial charge is 0.309 e. The molecule has 18 heavy (non-hydrogen) atoms. The summed E-state index contributed by atoms with van der Waals surface area (Å²) in [7, 11) is 0. The number of rotatable bonds is 4. The molecule has 0 saturated heterocycles. The molecule has 0 heterocycles. The minimum atomic E-state index is -0.246. The molecule has 0 aliphatic carbocycles. The van der Waals surface area contributed by atoms with Crippen LogP contribution in [-0.4, -0.2) is 0 Å². The fourth-order valence-electron chi connectivity index (χ4n) is 1.63. The first-order valence-electron chi connectivity index (χ1n) is 5.55. The van der Waals surface area contributed by atoms with Gasteiger partial charge in [0, 0.05) is 18.1 Å². The summed E-state index contributed by atoms with van der Waals surface area (Å²) < 4.78 is 13.5. The molecule has 94 valence electrons. The number of nitrogens with one attached hydrogen (secondary N) is 1. The fraction of sp³-hybridized carbons (Fsp3) is 0.143. The topological polar surface area (TPSA) is 12.0 Å². The molecule has 1 N–H and O–H groups in total. The Hall–Kier alpha value is -0.900. The minimum Gasteiger partial charge on any atom is -0.309 e. The lowest BCUT2D eigenvalue weighted by molar-refractivity contribution is 0.618. The Kier molecular flexibility index (Phi) is 4.75. The van der Waals surface area contributed by atoms with Crippen LogP contribution in [0.15, 0.2) is 46.9 Å². The molecule has 0 aliphatic rings. The molecule has 2 rings (SSSR count). The predicted molar refractivity (Wildman–Crippen MR) is 76.1 cm³/mol. The van der Waals surface area contributed by atoms with Crippen molar-refractivity contribution in [1.29, 1.82) is 0 Å². The molecule has 0 bridgehead atoms. The normalized spacial score (nSPS) is 10.6. The highest BCUT2D eigenvalue weighted by Gasteiger charge is 2.01. The summed E-state index contributed by atoms with van der Waals surface area (Å²) in [5, 5.41) is 4.03. The van der Waals surface area contributed by atoms with E-state index in [1.807, 2.05) is 24.3 Å². The summed E-state index contributed by atoms with van der Waals surface area (Å²) in [6, 6.07) is 12.7. The van der Waals surface area contributed by atoms with Crippen LogP contribution < -0.4 is 5.32 Å². The van der Waals surface area contributed by atoms with Crippen molar-refractivity contribution in [2.45, 2.75) is 13.1 Å². The molecule has 0 aliphatic heterocycles. The zero-order valence-electron chi connectivity index (χ0n) is 9.59. The second kappa shape index (κ2) is 6.32. The monoisotopic (exact) mass is 327 g/mol. The van der Waals surface area contributed by atoms with E-state index in [4.69, 9.17) is 11.6 Å². The van der Waals surface area contributed by atoms with Crippen LogP contribution >= 0.6 is 27.5 Å². The molecule has 0 radical (unpaired) electrons. The minimum absolute atomic E-state index is 0.246. The van der Waals surface area contributed by atoms with Gasteiger partial charge in [-0.1, -0.05) is 35.9 Å². The quantitative estimate of drug-likeness (QED) is 0.869. The van der Waals surface area contributed by atoms with Crippen molar-refractivity contribution in [3.63, 3.8) is 0 Å². The Morgan fingerprint density at radius 2 is 1.89 bits per heavy atom. The first-order valence-corrected chi connectivity index (χ1v) is 6.72. The Bertz CT molecular complexity index is 545. The molecular weight excluding hydrogens is 317 g/mol. The van der Waals surface area contributed by atoms with E-state index in [0.29, 0.717) is 17.6 Å². The zero-order chi connectivity index (χ0) is 13.0. The van der Waals surface area contributed by atoms with Crippen LogP contribution in [0.5, 0.6) is 0 Å². The van der Waals surface area contributed by atoms with Crippen LogP contribution in [0.3, 0.4) is 0 Å². The van der Waals surface area contributed by atoms with Crippen molar-refractivity contribution in [3.8, 4) is 0 Å². The Balaban J connectivity index is 1.92. The third-order valence-corrected chi connectivity index (χ3v) is 3.56. The first-order chi connectivity index (χ1) is 8.66. The van der Waals surface area contributed by atoms with Gasteiger partial charge < -0.3 is 5.32 Å². The highest BCUT2D eigenvalue weighted by molar-refractivity contribution is 9.10. The van der Waals surface area contributed by atoms with E-state index < -0.39 is 0 Å². The average Bonchev–Trinajstić information content (AvgIpc) is 2.36. The van der Waals surface area contributed by atoms with Crippen LogP contribution in [-0.2, 0) is 13.1 Å². The third-order valence-electron chi connectivity index (χ3n) is 2.59. The predicted octanol–water partition coefficient (Wildman–Crippen LogP) is 4.53. The zero-order valence-corrected chi connectivity index (χ0v) is 11.9. The Morgan fingerprint density at radius 1 is 1.11 bits per heavy atom. The summed E-state index contributed by atoms with van der Waals surface area (Å²) in [4.78, 5) is 0. The van der Waals surface area contributed by atoms with Gasteiger partial charge >= 0.3 is 0 Å². The maximum absolute atomic E-state index is 13.1. The van der Waals surface area contributed by atoms with Crippen molar-refractivity contribution < 1.29 is 4.39 Å². The van der Waals surface area contributed by atoms with E-state index >= 15 is 0 Å². The van der Waals surface area contributed by atoms with Gasteiger partial charge in [0.15, 0.2) is 0 Å². The maximum Gasteiger partial charge on any atom is 0.137 e. The van der Waals surface area contributed by atoms with Crippen molar-refractivity contribution in [2.75, 3.05) is 0 Å². The molecule has 2 aromatic carbocycles. The number of halogens is 3. The summed E-state index contributed by atoms with van der Waals surface area (Å²) in [5.41, 5.74) is 2.08. The van der Waals surface area contributed by atoms with Crippen molar-refractivity contribution in [3.05, 3.63) is 68.9 Å². The molecule has 0 saturated carbocycles. The van der Waals surface area contributed by atoms with Gasteiger partial charge in [0.2, 0.25) is 0 Å². The summed E-state index contributed by atoms with van der Waals surface area (Å²) in [5.74, 6) is -0.246. The van der Waals surface area contributed by atoms with Crippen LogP contribution in [0.4, 0.5) is 4.39 Å². The first kappa shape index (κ1) is 13.5. The summed E-state index contributed by atoms with van der Waals surface area (Å²) in [6.45, 7) is 1.36. The van der Waals surface area contributed by atoms with E-state index in [-0.39, 0.29) is 5.82 Å². The lowest BCUT2D eigenvalue weighted by Crippen LogP contribution is -2.13. The highest BCUT2D eigenvalue weighted by atomic mass is 79.9. The van der Waals surface area contributed by atoms with Gasteiger partial charge in [-0.3, -0.25) is 0 Å². The van der Waals surface area contributed by atoms with Gasteiger partial charge in [-0.05, 0) is 45.3 Å². The van der Waals surface area contributed by atoms with E-state index in [2.05, 4.69) is 21.2 Å². The molecule has 0 aromatic heterocycles. The summed E-state index contributed by atoms with van der Waals surface area (Å²) >= 11 is 9.23. The van der Waals surface area contributed by atoms with E-state index in [1.165, 1.54) is 6.07 Å². The van der Waals surface area contributed by atoms with Crippen molar-refractivity contribution in [2.24, 2.45) is 0 Å². The van der Waals surface area contributed by atoms with Crippen LogP contribution in [0.1, 0.15) is 11.1 Å². The van der Waals surface area contributed by atoms with Gasteiger partial charge in [0.1, 0.15) is 5.82 Å². The van der Waals surface area contributed by atoms with Gasteiger partial charge in [-0.2, -0.15) is 0 Å². The number of benzene rings is 2. The van der Waals surface area contributed by atoms with E-state index in [1.54, 1.807) is 12.1 Å². The Morgan fingerprint density at radius 3 is 2.61 bits per heavy atom. The van der Waals surface area contributed by atoms with Gasteiger partial charge in [-0.25, -0.2) is 4.39 Å². The Labute approximate surface area is 119 Å². The van der Waals surface area contributed by atoms with Crippen LogP contribution in [0.25, 0.3) is 0 Å². The molecule has 1 nitrogen and oxygen atoms in total. The molecule has 4 heteroatoms. The lowest BCUT2D eigenvalue weighted by Gasteiger charge is -2.07. The molecule has 0 atom stereocenters. The standard InChI is InChI=1S/C14H12BrClFN/c15-12-7-10(5-6-14(12)17)8-18-9-11-3-1-2-4-13(11)16/h1-7,18H,8-9H2. The van der Waals surface area contributed by atoms with E-state index in [0.717, 1.165) is 16.1 Å². The molecule has 0 unspecified atom stereocenters. The lowest BCUT2D eigenvalue weighted by atomic mass is 10.2. The smallest absolute Gasteiger partial charge is 0.137 e. The second-order valence-corrected chi connectivity index (χ2v) is 5.20. The van der Waals surface area contributed by atoms with Gasteiger partial charge in [0.25, 0.3) is 0 Å². The second-order valence-electron chi connectivity index (χ2n) is 3.94. The molecular formula is C14H12BrClFN. The van der Waals surface area contributed by atoms with Crippen LogP contribution in [0.2, 0.25) is 5.02 Å². The third kappa shape index (κ3) is 3.55. The molecule has 0 amide bonds. The SMILES string of the molecule is Fc1ccc(CNCc2ccccc2Cl)cc1Br. The number of hydrogen-bond donors (Lipinski definition) is 1. The molecule has 2 aromatic rings. The molecule has 0 fully saturated rings. The molecule has 0 spiro atoms. The van der Waals surface area contributed by atoms with Gasteiger partial charge in [-0.15, -0.1) is 0 Å². The van der Waals surface area contributed by atoms with E-state index in [9.17, 15) is 4.39 Å². The number of hydrogen-bond acceptors (Lipinski definition) is 1. The van der Waals surface area contributed by atoms with Crippen molar-refractivity contribution >= 4 is 27.5 Å². The average molecular weight is 329 g/mol. The van der Waals surface area contributed by atoms with Gasteiger partial charge in [0.05, 0.1) is 4.47 Å². The summed E-state index contributed by atoms with van der Waals surface area (Å²) in [6.07, 6.45) is 0. The van der Waals surface area contributed by atoms with Crippen molar-refractivity contribution in [1.82, 2.24) is 5.32 Å². The maximum atomic E-state index is 13.1. The fourth-order valence-corrected chi connectivity index (χ4v) is 2.26. The van der Waals surface area contributed by atoms with Crippen LogP contribution in [0, 0.1) is 5.82 Å². The highest BCUT2D eigenvalue weighted by Crippen LogP contribution is 2.17.